The lowest BCUT2D eigenvalue weighted by Crippen LogP contribution is -2.43. The lowest BCUT2D eigenvalue weighted by Gasteiger charge is -2.25. The first-order valence-electron chi connectivity index (χ1n) is 5.47. The third kappa shape index (κ3) is 5.74. The fourth-order valence-corrected chi connectivity index (χ4v) is 1.09. The van der Waals surface area contributed by atoms with Crippen molar-refractivity contribution in [3.8, 4) is 0 Å². The van der Waals surface area contributed by atoms with Crippen LogP contribution in [-0.4, -0.2) is 36.9 Å². The van der Waals surface area contributed by atoms with E-state index in [4.69, 9.17) is 9.84 Å². The van der Waals surface area contributed by atoms with Crippen molar-refractivity contribution in [3.05, 3.63) is 0 Å². The van der Waals surface area contributed by atoms with Gasteiger partial charge in [-0.2, -0.15) is 0 Å². The molecule has 1 unspecified atom stereocenters. The van der Waals surface area contributed by atoms with Crippen LogP contribution in [0, 0.1) is 5.41 Å². The van der Waals surface area contributed by atoms with Crippen LogP contribution in [0.4, 0.5) is 0 Å². The largest absolute Gasteiger partial charge is 0.465 e. The van der Waals surface area contributed by atoms with E-state index in [1.54, 1.807) is 6.92 Å². The molecule has 0 radical (unpaired) electrons. The van der Waals surface area contributed by atoms with Crippen molar-refractivity contribution in [2.45, 2.75) is 40.2 Å². The van der Waals surface area contributed by atoms with E-state index in [9.17, 15) is 4.79 Å². The Kier molecular flexibility index (Phi) is 6.52. The molecule has 0 fully saturated rings. The summed E-state index contributed by atoms with van der Waals surface area (Å²) in [6, 6.07) is -0.268. The molecule has 0 aliphatic carbocycles. The SMILES string of the molecule is CCOC(=O)C(CC)NCC(C)(C)CO. The summed E-state index contributed by atoms with van der Waals surface area (Å²) in [6.07, 6.45) is 0.695. The smallest absolute Gasteiger partial charge is 0.323 e. The molecule has 0 saturated carbocycles. The highest BCUT2D eigenvalue weighted by Gasteiger charge is 2.22. The van der Waals surface area contributed by atoms with Crippen LogP contribution in [0.15, 0.2) is 0 Å². The van der Waals surface area contributed by atoms with Crippen molar-refractivity contribution in [2.75, 3.05) is 19.8 Å². The van der Waals surface area contributed by atoms with Crippen LogP contribution < -0.4 is 5.32 Å². The fourth-order valence-electron chi connectivity index (χ4n) is 1.09. The van der Waals surface area contributed by atoms with Crippen molar-refractivity contribution < 1.29 is 14.6 Å². The van der Waals surface area contributed by atoms with Gasteiger partial charge in [0.25, 0.3) is 0 Å². The molecule has 4 heteroatoms. The molecule has 0 bridgehead atoms. The first kappa shape index (κ1) is 14.4. The van der Waals surface area contributed by atoms with Crippen molar-refractivity contribution >= 4 is 5.97 Å². The van der Waals surface area contributed by atoms with Crippen molar-refractivity contribution in [1.82, 2.24) is 5.32 Å². The van der Waals surface area contributed by atoms with Crippen LogP contribution in [0.3, 0.4) is 0 Å². The summed E-state index contributed by atoms with van der Waals surface area (Å²) in [7, 11) is 0. The summed E-state index contributed by atoms with van der Waals surface area (Å²) < 4.78 is 4.93. The number of ether oxygens (including phenoxy) is 1. The van der Waals surface area contributed by atoms with Gasteiger partial charge < -0.3 is 15.2 Å². The van der Waals surface area contributed by atoms with Gasteiger partial charge in [-0.1, -0.05) is 20.8 Å². The zero-order chi connectivity index (χ0) is 11.9. The van der Waals surface area contributed by atoms with Gasteiger partial charge in [-0.15, -0.1) is 0 Å². The predicted octanol–water partition coefficient (Wildman–Crippen LogP) is 0.936. The number of aliphatic hydroxyl groups is 1. The number of carbonyl (C=O) groups is 1. The van der Waals surface area contributed by atoms with E-state index in [1.165, 1.54) is 0 Å². The van der Waals surface area contributed by atoms with Gasteiger partial charge in [-0.05, 0) is 13.3 Å². The first-order valence-corrected chi connectivity index (χ1v) is 5.47. The molecule has 90 valence electrons. The Morgan fingerprint density at radius 3 is 2.47 bits per heavy atom. The van der Waals surface area contributed by atoms with Gasteiger partial charge in [0.15, 0.2) is 0 Å². The molecule has 0 amide bonds. The average molecular weight is 217 g/mol. The Labute approximate surface area is 92.0 Å². The van der Waals surface area contributed by atoms with E-state index < -0.39 is 0 Å². The average Bonchev–Trinajstić information content (AvgIpc) is 2.19. The van der Waals surface area contributed by atoms with Crippen LogP contribution in [0.5, 0.6) is 0 Å². The summed E-state index contributed by atoms with van der Waals surface area (Å²) in [6.45, 7) is 8.71. The van der Waals surface area contributed by atoms with Crippen LogP contribution in [-0.2, 0) is 9.53 Å². The number of hydrogen-bond acceptors (Lipinski definition) is 4. The minimum atomic E-state index is -0.268. The molecule has 0 aliphatic rings. The number of hydrogen-bond donors (Lipinski definition) is 2. The quantitative estimate of drug-likeness (QED) is 0.623. The molecule has 0 spiro atoms. The van der Waals surface area contributed by atoms with Gasteiger partial charge in [-0.3, -0.25) is 4.79 Å². The second-order valence-corrected chi connectivity index (χ2v) is 4.42. The summed E-state index contributed by atoms with van der Waals surface area (Å²) >= 11 is 0. The maximum Gasteiger partial charge on any atom is 0.323 e. The molecule has 0 aromatic rings. The second kappa shape index (κ2) is 6.80. The summed E-state index contributed by atoms with van der Waals surface area (Å²) in [5, 5.41) is 12.2. The van der Waals surface area contributed by atoms with Crippen molar-refractivity contribution in [3.63, 3.8) is 0 Å². The van der Waals surface area contributed by atoms with E-state index in [1.807, 2.05) is 20.8 Å². The number of rotatable bonds is 7. The maximum atomic E-state index is 11.4. The predicted molar refractivity (Wildman–Crippen MR) is 59.6 cm³/mol. The fraction of sp³-hybridized carbons (Fsp3) is 0.909. The molecular weight excluding hydrogens is 194 g/mol. The lowest BCUT2D eigenvalue weighted by atomic mass is 9.94. The molecule has 1 atom stereocenters. The van der Waals surface area contributed by atoms with E-state index in [0.29, 0.717) is 19.6 Å². The number of esters is 1. The van der Waals surface area contributed by atoms with E-state index in [2.05, 4.69) is 5.32 Å². The highest BCUT2D eigenvalue weighted by Crippen LogP contribution is 2.12. The van der Waals surface area contributed by atoms with E-state index in [-0.39, 0.29) is 24.0 Å². The van der Waals surface area contributed by atoms with E-state index in [0.717, 1.165) is 0 Å². The van der Waals surface area contributed by atoms with Gasteiger partial charge >= 0.3 is 5.97 Å². The van der Waals surface area contributed by atoms with Crippen LogP contribution >= 0.6 is 0 Å². The Bertz CT molecular complexity index is 192. The molecule has 0 rings (SSSR count). The third-order valence-electron chi connectivity index (χ3n) is 2.23. The van der Waals surface area contributed by atoms with Gasteiger partial charge in [0.1, 0.15) is 6.04 Å². The van der Waals surface area contributed by atoms with Crippen LogP contribution in [0.2, 0.25) is 0 Å². The van der Waals surface area contributed by atoms with Crippen LogP contribution in [0.25, 0.3) is 0 Å². The standard InChI is InChI=1S/C11H23NO3/c1-5-9(10(14)15-6-2)12-7-11(3,4)8-13/h9,12-13H,5-8H2,1-4H3. The molecule has 0 aliphatic heterocycles. The molecule has 0 saturated heterocycles. The topological polar surface area (TPSA) is 58.6 Å². The Morgan fingerprint density at radius 2 is 2.07 bits per heavy atom. The Hall–Kier alpha value is -0.610. The van der Waals surface area contributed by atoms with Crippen LogP contribution in [0.1, 0.15) is 34.1 Å². The first-order chi connectivity index (χ1) is 6.96. The number of aliphatic hydroxyl groups excluding tert-OH is 1. The molecule has 0 heterocycles. The summed E-state index contributed by atoms with van der Waals surface area (Å²) in [4.78, 5) is 11.4. The maximum absolute atomic E-state index is 11.4. The van der Waals surface area contributed by atoms with Crippen molar-refractivity contribution in [1.29, 1.82) is 0 Å². The van der Waals surface area contributed by atoms with Gasteiger partial charge in [0, 0.05) is 18.6 Å². The molecule has 2 N–H and O–H groups in total. The Balaban J connectivity index is 4.05. The zero-order valence-corrected chi connectivity index (χ0v) is 10.2. The molecular formula is C11H23NO3. The summed E-state index contributed by atoms with van der Waals surface area (Å²) in [5.74, 6) is -0.214. The molecule has 15 heavy (non-hydrogen) atoms. The monoisotopic (exact) mass is 217 g/mol. The molecule has 4 nitrogen and oxygen atoms in total. The summed E-state index contributed by atoms with van der Waals surface area (Å²) in [5.41, 5.74) is -0.208. The minimum Gasteiger partial charge on any atom is -0.465 e. The normalized spacial score (nSPS) is 13.7. The molecule has 0 aromatic heterocycles. The third-order valence-corrected chi connectivity index (χ3v) is 2.23. The van der Waals surface area contributed by atoms with Gasteiger partial charge in [0.05, 0.1) is 6.61 Å². The van der Waals surface area contributed by atoms with E-state index >= 15 is 0 Å². The van der Waals surface area contributed by atoms with Gasteiger partial charge in [-0.25, -0.2) is 0 Å². The number of nitrogens with one attached hydrogen (secondary N) is 1. The highest BCUT2D eigenvalue weighted by atomic mass is 16.5. The Morgan fingerprint density at radius 1 is 1.47 bits per heavy atom. The number of carbonyl (C=O) groups excluding carboxylic acids is 1. The van der Waals surface area contributed by atoms with Crippen molar-refractivity contribution in [2.24, 2.45) is 5.41 Å². The second-order valence-electron chi connectivity index (χ2n) is 4.42. The highest BCUT2D eigenvalue weighted by molar-refractivity contribution is 5.75. The minimum absolute atomic E-state index is 0.0965. The molecule has 0 aromatic carbocycles. The van der Waals surface area contributed by atoms with Gasteiger partial charge in [0.2, 0.25) is 0 Å². The zero-order valence-electron chi connectivity index (χ0n) is 10.2. The lowest BCUT2D eigenvalue weighted by molar-refractivity contribution is -0.145.